The number of esters is 1. The van der Waals surface area contributed by atoms with Crippen molar-refractivity contribution in [3.63, 3.8) is 0 Å². The minimum atomic E-state index is -3.71. The van der Waals surface area contributed by atoms with Crippen LogP contribution in [0.15, 0.2) is 38.9 Å². The quantitative estimate of drug-likeness (QED) is 0.726. The molecule has 0 N–H and O–H groups in total. The number of rotatable bonds is 4. The second-order valence-corrected chi connectivity index (χ2v) is 8.95. The Morgan fingerprint density at radius 2 is 2.19 bits per heavy atom. The maximum Gasteiger partial charge on any atom is 0.329 e. The van der Waals surface area contributed by atoms with Gasteiger partial charge in [-0.1, -0.05) is 19.1 Å². The van der Waals surface area contributed by atoms with Gasteiger partial charge in [-0.25, -0.2) is 9.78 Å². The normalized spacial score (nSPS) is 20.4. The van der Waals surface area contributed by atoms with Crippen molar-refractivity contribution in [3.05, 3.63) is 45.9 Å². The summed E-state index contributed by atoms with van der Waals surface area (Å²) in [7, 11) is -3.71. The first-order valence-electron chi connectivity index (χ1n) is 8.80. The van der Waals surface area contributed by atoms with E-state index in [1.807, 2.05) is 12.3 Å². The molecule has 1 fully saturated rings. The minimum absolute atomic E-state index is 0.126. The number of ether oxygens (including phenoxy) is 1. The number of hydrogen-bond donors (Lipinski definition) is 0. The third kappa shape index (κ3) is 3.37. The number of nitrogens with zero attached hydrogens (tertiary/aromatic N) is 3. The number of thiazole rings is 1. The highest BCUT2D eigenvalue weighted by Gasteiger charge is 2.39. The molecule has 1 aromatic heterocycles. The number of likely N-dealkylation sites (tertiary alicyclic amines) is 1. The summed E-state index contributed by atoms with van der Waals surface area (Å²) < 4.78 is 34.0. The van der Waals surface area contributed by atoms with Crippen molar-refractivity contribution in [2.45, 2.75) is 43.7 Å². The molecule has 0 aliphatic carbocycles. The summed E-state index contributed by atoms with van der Waals surface area (Å²) in [4.78, 5) is 19.0. The molecule has 0 bridgehead atoms. The largest absolute Gasteiger partial charge is 0.458 e. The summed E-state index contributed by atoms with van der Waals surface area (Å²) in [5, 5.41) is 2.90. The number of sulfonamides is 1. The third-order valence-corrected chi connectivity index (χ3v) is 7.04. The van der Waals surface area contributed by atoms with E-state index < -0.39 is 16.1 Å². The SMILES string of the molecule is CCc1nc(COC(=O)[C@@H]2CCCN2C2=NS(=O)(=O)c3ccccc32)cs1. The Labute approximate surface area is 161 Å². The Kier molecular flexibility index (Phi) is 4.73. The fraction of sp³-hybridized carbons (Fsp3) is 0.389. The molecule has 1 saturated heterocycles. The van der Waals surface area contributed by atoms with Gasteiger partial charge >= 0.3 is 5.97 Å². The number of amidine groups is 1. The molecule has 0 radical (unpaired) electrons. The molecule has 0 spiro atoms. The molecular weight excluding hydrogens is 386 g/mol. The fourth-order valence-electron chi connectivity index (χ4n) is 3.38. The van der Waals surface area contributed by atoms with Crippen LogP contribution >= 0.6 is 11.3 Å². The number of benzene rings is 1. The van der Waals surface area contributed by atoms with Gasteiger partial charge in [-0.05, 0) is 31.4 Å². The zero-order valence-corrected chi connectivity index (χ0v) is 16.4. The molecule has 9 heteroatoms. The predicted octanol–water partition coefficient (Wildman–Crippen LogP) is 2.36. The van der Waals surface area contributed by atoms with E-state index in [1.54, 1.807) is 34.4 Å². The lowest BCUT2D eigenvalue weighted by atomic mass is 10.1. The molecule has 2 aromatic rings. The van der Waals surface area contributed by atoms with Crippen LogP contribution in [0.3, 0.4) is 0 Å². The van der Waals surface area contributed by atoms with Gasteiger partial charge in [0.05, 0.1) is 10.7 Å². The van der Waals surface area contributed by atoms with Gasteiger partial charge in [0.15, 0.2) is 5.84 Å². The van der Waals surface area contributed by atoms with Gasteiger partial charge in [-0.2, -0.15) is 8.42 Å². The van der Waals surface area contributed by atoms with E-state index in [9.17, 15) is 13.2 Å². The molecular formula is C18H19N3O4S2. The van der Waals surface area contributed by atoms with E-state index in [1.165, 1.54) is 6.07 Å². The first-order chi connectivity index (χ1) is 13.0. The summed E-state index contributed by atoms with van der Waals surface area (Å²) in [6.07, 6.45) is 2.23. The standard InChI is InChI=1S/C18H19N3O4S2/c1-2-16-19-12(11-26-16)10-25-18(22)14-7-5-9-21(14)17-13-6-3-4-8-15(13)27(23,24)20-17/h3-4,6,8,11,14H,2,5,7,9-10H2,1H3/t14-/m0/s1. The van der Waals surface area contributed by atoms with E-state index in [0.717, 1.165) is 23.5 Å². The van der Waals surface area contributed by atoms with Gasteiger partial charge in [-0.15, -0.1) is 15.7 Å². The van der Waals surface area contributed by atoms with Crippen molar-refractivity contribution in [1.82, 2.24) is 9.88 Å². The summed E-state index contributed by atoms with van der Waals surface area (Å²) >= 11 is 1.55. The molecule has 0 saturated carbocycles. The van der Waals surface area contributed by atoms with Gasteiger partial charge in [0.2, 0.25) is 0 Å². The zero-order chi connectivity index (χ0) is 19.0. The molecule has 7 nitrogen and oxygen atoms in total. The van der Waals surface area contributed by atoms with Crippen molar-refractivity contribution >= 4 is 33.2 Å². The number of fused-ring (bicyclic) bond motifs is 1. The fourth-order valence-corrected chi connectivity index (χ4v) is 5.33. The van der Waals surface area contributed by atoms with Gasteiger partial charge in [0.25, 0.3) is 10.0 Å². The molecule has 0 amide bonds. The van der Waals surface area contributed by atoms with Crippen molar-refractivity contribution in [1.29, 1.82) is 0 Å². The Morgan fingerprint density at radius 3 is 2.96 bits per heavy atom. The van der Waals surface area contributed by atoms with Gasteiger partial charge in [0, 0.05) is 17.5 Å². The molecule has 27 heavy (non-hydrogen) atoms. The third-order valence-electron chi connectivity index (χ3n) is 4.67. The summed E-state index contributed by atoms with van der Waals surface area (Å²) in [5.41, 5.74) is 1.28. The molecule has 0 unspecified atom stereocenters. The second-order valence-electron chi connectivity index (χ2n) is 6.43. The van der Waals surface area contributed by atoms with E-state index in [2.05, 4.69) is 9.38 Å². The topological polar surface area (TPSA) is 88.9 Å². The second kappa shape index (κ2) is 7.05. The minimum Gasteiger partial charge on any atom is -0.458 e. The number of hydrogen-bond acceptors (Lipinski definition) is 7. The van der Waals surface area contributed by atoms with Crippen molar-refractivity contribution < 1.29 is 17.9 Å². The number of carbonyl (C=O) groups excluding carboxylic acids is 1. The Hall–Kier alpha value is -2.26. The van der Waals surface area contributed by atoms with Crippen LogP contribution in [0.2, 0.25) is 0 Å². The Balaban J connectivity index is 1.52. The predicted molar refractivity (Wildman–Crippen MR) is 101 cm³/mol. The van der Waals surface area contributed by atoms with Crippen LogP contribution in [0.1, 0.15) is 36.0 Å². The first kappa shape index (κ1) is 18.1. The lowest BCUT2D eigenvalue weighted by Gasteiger charge is -2.24. The van der Waals surface area contributed by atoms with Crippen LogP contribution < -0.4 is 0 Å². The highest BCUT2D eigenvalue weighted by molar-refractivity contribution is 7.90. The summed E-state index contributed by atoms with van der Waals surface area (Å²) in [5.74, 6) is -0.0324. The summed E-state index contributed by atoms with van der Waals surface area (Å²) in [6.45, 7) is 2.72. The zero-order valence-electron chi connectivity index (χ0n) is 14.8. The highest BCUT2D eigenvalue weighted by atomic mass is 32.2. The lowest BCUT2D eigenvalue weighted by Crippen LogP contribution is -2.41. The van der Waals surface area contributed by atoms with Crippen LogP contribution in [-0.2, 0) is 32.6 Å². The Bertz CT molecular complexity index is 1010. The molecule has 4 rings (SSSR count). The first-order valence-corrected chi connectivity index (χ1v) is 11.1. The van der Waals surface area contributed by atoms with Crippen LogP contribution in [0, 0.1) is 0 Å². The maximum atomic E-state index is 12.6. The van der Waals surface area contributed by atoms with Crippen LogP contribution in [0.25, 0.3) is 0 Å². The number of carbonyl (C=O) groups is 1. The molecule has 1 aromatic carbocycles. The Morgan fingerprint density at radius 1 is 1.37 bits per heavy atom. The maximum absolute atomic E-state index is 12.6. The van der Waals surface area contributed by atoms with E-state index in [-0.39, 0.29) is 17.5 Å². The molecule has 142 valence electrons. The van der Waals surface area contributed by atoms with E-state index >= 15 is 0 Å². The van der Waals surface area contributed by atoms with Crippen LogP contribution in [0.5, 0.6) is 0 Å². The summed E-state index contributed by atoms with van der Waals surface area (Å²) in [6, 6.07) is 6.17. The van der Waals surface area contributed by atoms with Crippen LogP contribution in [0.4, 0.5) is 0 Å². The number of aromatic nitrogens is 1. The molecule has 2 aliphatic rings. The van der Waals surface area contributed by atoms with Crippen molar-refractivity contribution in [3.8, 4) is 0 Å². The van der Waals surface area contributed by atoms with Gasteiger partial charge in [-0.3, -0.25) is 0 Å². The monoisotopic (exact) mass is 405 g/mol. The average Bonchev–Trinajstić information content (AvgIpc) is 3.38. The highest BCUT2D eigenvalue weighted by Crippen LogP contribution is 2.31. The van der Waals surface area contributed by atoms with Gasteiger partial charge in [0.1, 0.15) is 17.5 Å². The van der Waals surface area contributed by atoms with Crippen molar-refractivity contribution in [2.24, 2.45) is 4.40 Å². The van der Waals surface area contributed by atoms with Crippen LogP contribution in [-0.4, -0.2) is 42.7 Å². The molecule has 3 heterocycles. The van der Waals surface area contributed by atoms with Gasteiger partial charge < -0.3 is 9.64 Å². The van der Waals surface area contributed by atoms with Crippen molar-refractivity contribution in [2.75, 3.05) is 6.54 Å². The smallest absolute Gasteiger partial charge is 0.329 e. The molecule has 1 atom stereocenters. The van der Waals surface area contributed by atoms with E-state index in [0.29, 0.717) is 24.4 Å². The average molecular weight is 406 g/mol. The lowest BCUT2D eigenvalue weighted by molar-refractivity contribution is -0.149. The van der Waals surface area contributed by atoms with E-state index in [4.69, 9.17) is 4.74 Å². The molecule has 2 aliphatic heterocycles. The number of aryl methyl sites for hydroxylation is 1.